The third-order valence-corrected chi connectivity index (χ3v) is 14.5. The maximum Gasteiger partial charge on any atom is 0.339 e. The second-order valence-corrected chi connectivity index (χ2v) is 22.9. The molecule has 0 radical (unpaired) electrons. The number of carbonyl (C=O) groups excluding carboxylic acids is 3. The number of carboxylic acid groups (broad SMARTS) is 1. The first-order chi connectivity index (χ1) is 36.8. The molecule has 2 saturated carbocycles. The number of cyclic esters (lactones) is 2. The van der Waals surface area contributed by atoms with Crippen LogP contribution < -0.4 is 21.7 Å². The number of esters is 2. The van der Waals surface area contributed by atoms with Crippen LogP contribution in [-0.2, 0) is 68.1 Å². The molecular weight excluding hydrogens is 1010 g/mol. The quantitative estimate of drug-likeness (QED) is 0.0268. The molecule has 1 amide bonds. The van der Waals surface area contributed by atoms with Gasteiger partial charge in [-0.3, -0.25) is 4.79 Å². The zero-order valence-corrected chi connectivity index (χ0v) is 45.9. The van der Waals surface area contributed by atoms with Gasteiger partial charge in [0.1, 0.15) is 49.7 Å². The van der Waals surface area contributed by atoms with Gasteiger partial charge in [0, 0.05) is 42.3 Å². The van der Waals surface area contributed by atoms with Crippen LogP contribution in [0, 0.1) is 23.3 Å². The highest BCUT2D eigenvalue weighted by molar-refractivity contribution is 5.88. The topological polar surface area (TPSA) is 219 Å². The summed E-state index contributed by atoms with van der Waals surface area (Å²) in [6.07, 6.45) is 8.74. The molecule has 3 aliphatic rings. The van der Waals surface area contributed by atoms with E-state index in [0.29, 0.717) is 12.1 Å². The molecule has 3 fully saturated rings. The first-order valence-corrected chi connectivity index (χ1v) is 26.9. The standard InChI is InChI=1S/C30H40F2N2O5.C26H36F2N2O.C4H4O4/c1-29(2,3)21-8-7-9-22(15-21)30(10-5-4-6-11-30)33-17-26(35)25(34-27(36)18-39-19-28(37)38)14-20-12-23(31)16-24(32)13-20;1-25(2,3)19-8-7-9-20(15-19)26(10-5-4-6-11-26)30-17-24(31)23(29)14-18-12-21(27)16-22(28)13-18;5-3-1-7-2-4(6)8-3/h7-9,12-13,15-16,25-26,33,35H,4-6,10-11,14,17-19H2,1-3H3,(H,34,36)(H,37,38);7-9,12-13,15-16,23-24,30-31H,4-6,10-11,14,17,29H2,1-3H3;1-2H2/t25-,26+;23-,24+;/m00./s1. The Hall–Kier alpha value is -5.60. The summed E-state index contributed by atoms with van der Waals surface area (Å²) >= 11 is 0. The van der Waals surface area contributed by atoms with Crippen LogP contribution in [0.5, 0.6) is 0 Å². The van der Waals surface area contributed by atoms with Gasteiger partial charge in [-0.05, 0) is 107 Å². The van der Waals surface area contributed by atoms with Crippen LogP contribution in [0.2, 0.25) is 0 Å². The van der Waals surface area contributed by atoms with Crippen molar-refractivity contribution in [2.24, 2.45) is 5.73 Å². The van der Waals surface area contributed by atoms with E-state index in [4.69, 9.17) is 15.6 Å². The second-order valence-electron chi connectivity index (χ2n) is 22.9. The van der Waals surface area contributed by atoms with Crippen molar-refractivity contribution >= 4 is 23.8 Å². The Kier molecular flexibility index (Phi) is 23.5. The van der Waals surface area contributed by atoms with Gasteiger partial charge in [-0.2, -0.15) is 0 Å². The third kappa shape index (κ3) is 19.9. The molecule has 0 spiro atoms. The molecule has 1 heterocycles. The third-order valence-electron chi connectivity index (χ3n) is 14.5. The van der Waals surface area contributed by atoms with Gasteiger partial charge in [0.15, 0.2) is 0 Å². The van der Waals surface area contributed by atoms with E-state index in [2.05, 4.69) is 115 Å². The van der Waals surface area contributed by atoms with E-state index in [1.54, 1.807) is 0 Å². The first-order valence-electron chi connectivity index (χ1n) is 26.9. The molecule has 78 heavy (non-hydrogen) atoms. The van der Waals surface area contributed by atoms with Crippen LogP contribution in [0.1, 0.15) is 139 Å². The number of hydrogen-bond donors (Lipinski definition) is 7. The van der Waals surface area contributed by atoms with Crippen molar-refractivity contribution in [1.29, 1.82) is 0 Å². The smallest absolute Gasteiger partial charge is 0.339 e. The van der Waals surface area contributed by atoms with Gasteiger partial charge in [-0.15, -0.1) is 0 Å². The molecule has 14 nitrogen and oxygen atoms in total. The largest absolute Gasteiger partial charge is 0.480 e. The fraction of sp³-hybridized carbons (Fsp3) is 0.533. The number of nitrogens with one attached hydrogen (secondary N) is 3. The van der Waals surface area contributed by atoms with Gasteiger partial charge in [-0.25, -0.2) is 31.9 Å². The normalized spacial score (nSPS) is 17.9. The van der Waals surface area contributed by atoms with Crippen molar-refractivity contribution in [1.82, 2.24) is 16.0 Å². The van der Waals surface area contributed by atoms with E-state index in [1.165, 1.54) is 35.2 Å². The van der Waals surface area contributed by atoms with Crippen molar-refractivity contribution in [2.75, 3.05) is 39.5 Å². The van der Waals surface area contributed by atoms with Crippen LogP contribution in [0.3, 0.4) is 0 Å². The van der Waals surface area contributed by atoms with Gasteiger partial charge >= 0.3 is 17.9 Å². The van der Waals surface area contributed by atoms with Crippen LogP contribution in [0.25, 0.3) is 0 Å². The van der Waals surface area contributed by atoms with Crippen molar-refractivity contribution in [2.45, 2.75) is 165 Å². The Morgan fingerprint density at radius 3 is 1.45 bits per heavy atom. The molecule has 8 N–H and O–H groups in total. The van der Waals surface area contributed by atoms with Gasteiger partial charge in [0.2, 0.25) is 5.91 Å². The lowest BCUT2D eigenvalue weighted by molar-refractivity contribution is -0.174. The number of amides is 1. The number of aliphatic hydroxyl groups excluding tert-OH is 2. The number of rotatable bonds is 19. The zero-order valence-electron chi connectivity index (χ0n) is 45.9. The summed E-state index contributed by atoms with van der Waals surface area (Å²) in [5.41, 5.74) is 11.3. The summed E-state index contributed by atoms with van der Waals surface area (Å²) in [4.78, 5) is 43.4. The minimum atomic E-state index is -1.22. The minimum absolute atomic E-state index is 0.0241. The number of nitrogens with two attached hydrogens (primary N) is 1. The maximum absolute atomic E-state index is 13.9. The number of halogens is 4. The van der Waals surface area contributed by atoms with Crippen LogP contribution in [0.4, 0.5) is 17.6 Å². The van der Waals surface area contributed by atoms with E-state index in [9.17, 15) is 47.0 Å². The van der Waals surface area contributed by atoms with Crippen LogP contribution >= 0.6 is 0 Å². The number of aliphatic hydroxyl groups is 2. The Labute approximate surface area is 456 Å². The maximum atomic E-state index is 13.9. The molecule has 7 rings (SSSR count). The fourth-order valence-electron chi connectivity index (χ4n) is 10.2. The van der Waals surface area contributed by atoms with E-state index >= 15 is 0 Å². The Balaban J connectivity index is 0.000000255. The van der Waals surface area contributed by atoms with Gasteiger partial charge in [0.25, 0.3) is 0 Å². The molecule has 1 aliphatic heterocycles. The average molecular weight is 1090 g/mol. The van der Waals surface area contributed by atoms with E-state index in [1.807, 2.05) is 0 Å². The summed E-state index contributed by atoms with van der Waals surface area (Å²) in [7, 11) is 0. The lowest BCUT2D eigenvalue weighted by Gasteiger charge is -2.41. The molecule has 2 aliphatic carbocycles. The average Bonchev–Trinajstić information content (AvgIpc) is 3.40. The van der Waals surface area contributed by atoms with E-state index in [-0.39, 0.29) is 60.1 Å². The molecule has 428 valence electrons. The van der Waals surface area contributed by atoms with Crippen molar-refractivity contribution in [3.63, 3.8) is 0 Å². The second kappa shape index (κ2) is 29.0. The Bertz CT molecular complexity index is 2560. The van der Waals surface area contributed by atoms with Crippen molar-refractivity contribution < 1.29 is 66.3 Å². The number of ether oxygens (including phenoxy) is 3. The molecule has 0 aromatic heterocycles. The number of aliphatic carboxylic acids is 1. The molecule has 0 unspecified atom stereocenters. The molecule has 4 atom stereocenters. The zero-order chi connectivity index (χ0) is 57.3. The molecule has 4 aromatic rings. The number of carbonyl (C=O) groups is 4. The highest BCUT2D eigenvalue weighted by atomic mass is 19.1. The number of carboxylic acids is 1. The summed E-state index contributed by atoms with van der Waals surface area (Å²) in [5, 5.41) is 40.6. The van der Waals surface area contributed by atoms with Crippen molar-refractivity contribution in [3.8, 4) is 0 Å². The van der Waals surface area contributed by atoms with Gasteiger partial charge < -0.3 is 51.2 Å². The highest BCUT2D eigenvalue weighted by Gasteiger charge is 2.37. The highest BCUT2D eigenvalue weighted by Crippen LogP contribution is 2.40. The van der Waals surface area contributed by atoms with Crippen molar-refractivity contribution in [3.05, 3.63) is 142 Å². The van der Waals surface area contributed by atoms with Crippen LogP contribution in [-0.4, -0.2) is 103 Å². The molecule has 0 bridgehead atoms. The summed E-state index contributed by atoms with van der Waals surface area (Å²) < 4.78 is 68.1. The first kappa shape index (κ1) is 63.2. The molecule has 4 aromatic carbocycles. The summed E-state index contributed by atoms with van der Waals surface area (Å²) in [6.45, 7) is 12.2. The monoisotopic (exact) mass is 1090 g/mol. The number of benzene rings is 4. The molecule has 1 saturated heterocycles. The predicted octanol–water partition coefficient (Wildman–Crippen LogP) is 8.23. The summed E-state index contributed by atoms with van der Waals surface area (Å²) in [6, 6.07) is 22.2. The fourth-order valence-corrected chi connectivity index (χ4v) is 10.2. The van der Waals surface area contributed by atoms with Gasteiger partial charge in [0.05, 0.1) is 18.2 Å². The lowest BCUT2D eigenvalue weighted by atomic mass is 9.74. The summed E-state index contributed by atoms with van der Waals surface area (Å²) in [5.74, 6) is -5.85. The SMILES string of the molecule is CC(C)(C)c1cccc(C2(NC[C@@H](O)[C@@H](N)Cc3cc(F)cc(F)c3)CCCCC2)c1.CC(C)(C)c1cccc(C2(NC[C@@H](O)[C@H](Cc3cc(F)cc(F)c3)NC(=O)COCC(=O)O)CCCCC2)c1.O=C1COCC(=O)O1. The van der Waals surface area contributed by atoms with E-state index in [0.717, 1.165) is 87.6 Å². The van der Waals surface area contributed by atoms with Gasteiger partial charge in [-0.1, -0.05) is 129 Å². The van der Waals surface area contributed by atoms with Crippen LogP contribution in [0.15, 0.2) is 84.9 Å². The predicted molar refractivity (Wildman–Crippen MR) is 288 cm³/mol. The molecule has 18 heteroatoms. The lowest BCUT2D eigenvalue weighted by Crippen LogP contribution is -2.53. The Morgan fingerprint density at radius 2 is 1.05 bits per heavy atom. The molecular formula is C60H80F4N4O10. The number of hydrogen-bond acceptors (Lipinski definition) is 12. The minimum Gasteiger partial charge on any atom is -0.480 e. The van der Waals surface area contributed by atoms with E-state index < -0.39 is 84.6 Å². The Morgan fingerprint density at radius 1 is 0.628 bits per heavy atom.